The smallest absolute Gasteiger partial charge is 0.178 e. The van der Waals surface area contributed by atoms with Crippen molar-refractivity contribution in [3.63, 3.8) is 0 Å². The highest BCUT2D eigenvalue weighted by Crippen LogP contribution is 2.15. The van der Waals surface area contributed by atoms with Crippen molar-refractivity contribution in [3.8, 4) is 0 Å². The second kappa shape index (κ2) is 4.16. The van der Waals surface area contributed by atoms with Crippen LogP contribution < -0.4 is 0 Å². The number of hydrogen-bond acceptors (Lipinski definition) is 2. The van der Waals surface area contributed by atoms with E-state index in [0.29, 0.717) is 6.61 Å². The number of fused-ring (bicyclic) bond motifs is 1. The molecule has 1 aromatic heterocycles. The predicted molar refractivity (Wildman–Crippen MR) is 63.7 cm³/mol. The highest BCUT2D eigenvalue weighted by molar-refractivity contribution is 7.71. The summed E-state index contributed by atoms with van der Waals surface area (Å²) in [6.45, 7) is 3.54. The van der Waals surface area contributed by atoms with Gasteiger partial charge < -0.3 is 14.3 Å². The van der Waals surface area contributed by atoms with Gasteiger partial charge in [-0.2, -0.15) is 0 Å². The van der Waals surface area contributed by atoms with Gasteiger partial charge in [-0.15, -0.1) is 0 Å². The molecule has 0 saturated carbocycles. The number of aromatic nitrogens is 2. The third kappa shape index (κ3) is 1.96. The standard InChI is InChI=1S/C11H14N2OS/c1-8-3-4-10-9(7-8)12-11(15)13(10)5-6-14-2/h3-4,7H,5-6H2,1-2H3,(H,12,15). The van der Waals surface area contributed by atoms with E-state index in [2.05, 4.69) is 34.7 Å². The fourth-order valence-corrected chi connectivity index (χ4v) is 1.98. The second-order valence-electron chi connectivity index (χ2n) is 3.60. The van der Waals surface area contributed by atoms with E-state index in [9.17, 15) is 0 Å². The van der Waals surface area contributed by atoms with Crippen molar-refractivity contribution in [2.45, 2.75) is 13.5 Å². The van der Waals surface area contributed by atoms with Crippen LogP contribution in [0, 0.1) is 11.7 Å². The number of ether oxygens (including phenoxy) is 1. The molecule has 0 radical (unpaired) electrons. The Bertz CT molecular complexity index is 527. The van der Waals surface area contributed by atoms with E-state index in [0.717, 1.165) is 22.3 Å². The summed E-state index contributed by atoms with van der Waals surface area (Å²) in [6.07, 6.45) is 0. The van der Waals surface area contributed by atoms with Crippen LogP contribution in [-0.4, -0.2) is 23.3 Å². The van der Waals surface area contributed by atoms with Gasteiger partial charge in [0, 0.05) is 13.7 Å². The van der Waals surface area contributed by atoms with Gasteiger partial charge in [-0.3, -0.25) is 0 Å². The average Bonchev–Trinajstić information content (AvgIpc) is 2.50. The zero-order chi connectivity index (χ0) is 10.8. The van der Waals surface area contributed by atoms with Crippen LogP contribution in [0.1, 0.15) is 5.56 Å². The van der Waals surface area contributed by atoms with Crippen molar-refractivity contribution in [2.24, 2.45) is 0 Å². The average molecular weight is 222 g/mol. The summed E-state index contributed by atoms with van der Waals surface area (Å²) in [5, 5.41) is 0. The van der Waals surface area contributed by atoms with Gasteiger partial charge in [-0.25, -0.2) is 0 Å². The molecule has 0 fully saturated rings. The number of benzene rings is 1. The van der Waals surface area contributed by atoms with Gasteiger partial charge in [0.1, 0.15) is 0 Å². The summed E-state index contributed by atoms with van der Waals surface area (Å²) < 4.78 is 7.88. The Kier molecular flexibility index (Phi) is 2.88. The van der Waals surface area contributed by atoms with Crippen LogP contribution in [0.4, 0.5) is 0 Å². The molecule has 2 rings (SSSR count). The van der Waals surface area contributed by atoms with Crippen molar-refractivity contribution in [2.75, 3.05) is 13.7 Å². The molecule has 0 aliphatic heterocycles. The number of aryl methyl sites for hydroxylation is 1. The SMILES string of the molecule is COCCn1c(=S)[nH]c2cc(C)ccc21. The molecule has 80 valence electrons. The first-order valence-electron chi connectivity index (χ1n) is 4.90. The topological polar surface area (TPSA) is 29.9 Å². The first-order chi connectivity index (χ1) is 7.22. The van der Waals surface area contributed by atoms with E-state index in [4.69, 9.17) is 17.0 Å². The van der Waals surface area contributed by atoms with Crippen LogP contribution >= 0.6 is 12.2 Å². The maximum atomic E-state index is 5.26. The molecule has 4 heteroatoms. The van der Waals surface area contributed by atoms with Gasteiger partial charge in [0.2, 0.25) is 0 Å². The molecular weight excluding hydrogens is 208 g/mol. The quantitative estimate of drug-likeness (QED) is 0.809. The number of methoxy groups -OCH3 is 1. The van der Waals surface area contributed by atoms with Crippen LogP contribution in [0.2, 0.25) is 0 Å². The lowest BCUT2D eigenvalue weighted by Crippen LogP contribution is -2.03. The van der Waals surface area contributed by atoms with Crippen molar-refractivity contribution < 1.29 is 4.74 Å². The number of nitrogens with one attached hydrogen (secondary N) is 1. The lowest BCUT2D eigenvalue weighted by Gasteiger charge is -2.03. The van der Waals surface area contributed by atoms with Crippen molar-refractivity contribution >= 4 is 23.3 Å². The molecule has 2 aromatic rings. The minimum absolute atomic E-state index is 0.676. The molecule has 0 aliphatic rings. The Morgan fingerprint density at radius 3 is 3.00 bits per heavy atom. The maximum Gasteiger partial charge on any atom is 0.178 e. The van der Waals surface area contributed by atoms with E-state index < -0.39 is 0 Å². The molecule has 3 nitrogen and oxygen atoms in total. The molecule has 1 N–H and O–H groups in total. The summed E-state index contributed by atoms with van der Waals surface area (Å²) in [7, 11) is 1.70. The Balaban J connectivity index is 2.53. The molecule has 0 atom stereocenters. The van der Waals surface area contributed by atoms with E-state index >= 15 is 0 Å². The number of nitrogens with zero attached hydrogens (tertiary/aromatic N) is 1. The van der Waals surface area contributed by atoms with Gasteiger partial charge in [0.05, 0.1) is 17.6 Å². The van der Waals surface area contributed by atoms with E-state index in [1.807, 2.05) is 0 Å². The van der Waals surface area contributed by atoms with Crippen LogP contribution in [0.3, 0.4) is 0 Å². The lowest BCUT2D eigenvalue weighted by molar-refractivity contribution is 0.188. The fraction of sp³-hybridized carbons (Fsp3) is 0.364. The van der Waals surface area contributed by atoms with Crippen LogP contribution in [0.25, 0.3) is 11.0 Å². The third-order valence-electron chi connectivity index (χ3n) is 2.45. The van der Waals surface area contributed by atoms with Crippen molar-refractivity contribution in [1.29, 1.82) is 0 Å². The van der Waals surface area contributed by atoms with Crippen LogP contribution in [0.15, 0.2) is 18.2 Å². The zero-order valence-corrected chi connectivity index (χ0v) is 9.73. The normalized spacial score (nSPS) is 11.1. The highest BCUT2D eigenvalue weighted by Gasteiger charge is 2.03. The maximum absolute atomic E-state index is 5.26. The van der Waals surface area contributed by atoms with Crippen molar-refractivity contribution in [1.82, 2.24) is 9.55 Å². The van der Waals surface area contributed by atoms with Gasteiger partial charge in [0.15, 0.2) is 4.77 Å². The molecule has 0 unspecified atom stereocenters. The first-order valence-corrected chi connectivity index (χ1v) is 5.31. The van der Waals surface area contributed by atoms with Crippen LogP contribution in [0.5, 0.6) is 0 Å². The van der Waals surface area contributed by atoms with Crippen molar-refractivity contribution in [3.05, 3.63) is 28.5 Å². The Morgan fingerprint density at radius 1 is 1.47 bits per heavy atom. The summed E-state index contributed by atoms with van der Waals surface area (Å²) >= 11 is 5.26. The van der Waals surface area contributed by atoms with Crippen LogP contribution in [-0.2, 0) is 11.3 Å². The largest absolute Gasteiger partial charge is 0.383 e. The molecule has 0 bridgehead atoms. The second-order valence-corrected chi connectivity index (χ2v) is 3.98. The Morgan fingerprint density at radius 2 is 2.27 bits per heavy atom. The summed E-state index contributed by atoms with van der Waals surface area (Å²) in [4.78, 5) is 3.20. The fourth-order valence-electron chi connectivity index (χ4n) is 1.68. The molecule has 0 spiro atoms. The third-order valence-corrected chi connectivity index (χ3v) is 2.77. The van der Waals surface area contributed by atoms with Gasteiger partial charge in [-0.1, -0.05) is 6.07 Å². The number of aromatic amines is 1. The van der Waals surface area contributed by atoms with E-state index in [1.165, 1.54) is 5.56 Å². The van der Waals surface area contributed by atoms with Gasteiger partial charge in [0.25, 0.3) is 0 Å². The van der Waals surface area contributed by atoms with Gasteiger partial charge in [-0.05, 0) is 36.8 Å². The number of hydrogen-bond donors (Lipinski definition) is 1. The Hall–Kier alpha value is -1.13. The minimum Gasteiger partial charge on any atom is -0.383 e. The monoisotopic (exact) mass is 222 g/mol. The lowest BCUT2D eigenvalue weighted by atomic mass is 10.2. The molecule has 1 heterocycles. The molecule has 0 amide bonds. The number of rotatable bonds is 3. The Labute approximate surface area is 93.7 Å². The predicted octanol–water partition coefficient (Wildman–Crippen LogP) is 2.65. The molecule has 0 aliphatic carbocycles. The highest BCUT2D eigenvalue weighted by atomic mass is 32.1. The molecule has 15 heavy (non-hydrogen) atoms. The van der Waals surface area contributed by atoms with E-state index in [-0.39, 0.29) is 0 Å². The first kappa shape index (κ1) is 10.4. The van der Waals surface area contributed by atoms with Gasteiger partial charge >= 0.3 is 0 Å². The van der Waals surface area contributed by atoms with E-state index in [1.54, 1.807) is 7.11 Å². The summed E-state index contributed by atoms with van der Waals surface area (Å²) in [5.41, 5.74) is 3.47. The number of H-pyrrole nitrogens is 1. The molecule has 0 saturated heterocycles. The molecular formula is C11H14N2OS. The summed E-state index contributed by atoms with van der Waals surface area (Å²) in [5.74, 6) is 0. The summed E-state index contributed by atoms with van der Waals surface area (Å²) in [6, 6.07) is 6.29. The zero-order valence-electron chi connectivity index (χ0n) is 8.91. The number of imidazole rings is 1. The molecule has 1 aromatic carbocycles. The minimum atomic E-state index is 0.676.